The lowest BCUT2D eigenvalue weighted by atomic mass is 9.93. The van der Waals surface area contributed by atoms with E-state index >= 15 is 0 Å². The lowest BCUT2D eigenvalue weighted by Crippen LogP contribution is -2.58. The molecule has 6 nitrogen and oxygen atoms in total. The van der Waals surface area contributed by atoms with E-state index in [1.807, 2.05) is 18.2 Å². The number of para-hydroxylation sites is 1. The topological polar surface area (TPSA) is 75.7 Å². The summed E-state index contributed by atoms with van der Waals surface area (Å²) in [5, 5.41) is 2.96. The van der Waals surface area contributed by atoms with Gasteiger partial charge in [-0.15, -0.1) is 0 Å². The van der Waals surface area contributed by atoms with E-state index in [0.29, 0.717) is 22.9 Å². The molecule has 2 aliphatic rings. The van der Waals surface area contributed by atoms with Crippen molar-refractivity contribution in [2.24, 2.45) is 0 Å². The van der Waals surface area contributed by atoms with E-state index in [2.05, 4.69) is 5.32 Å². The maximum absolute atomic E-state index is 13.1. The molecule has 1 saturated heterocycles. The van der Waals surface area contributed by atoms with E-state index in [-0.39, 0.29) is 11.6 Å². The highest BCUT2D eigenvalue weighted by atomic mass is 35.5. The number of amides is 4. The molecule has 0 spiro atoms. The zero-order valence-electron chi connectivity index (χ0n) is 17.0. The number of hydrogen-bond acceptors (Lipinski definition) is 4. The Bertz CT molecular complexity index is 1030. The van der Waals surface area contributed by atoms with Gasteiger partial charge in [-0.05, 0) is 42.7 Å². The summed E-state index contributed by atoms with van der Waals surface area (Å²) in [6.07, 6.45) is 6.06. The second-order valence-corrected chi connectivity index (χ2v) is 8.17. The SMILES string of the molecule is O=C1NC(=O)N(C2CCCCC2)C(=O)C1=Cc1ccccc1OCc1ccc(Cl)cc1. The molecule has 1 aliphatic carbocycles. The van der Waals surface area contributed by atoms with Gasteiger partial charge in [0.2, 0.25) is 0 Å². The first kappa shape index (κ1) is 21.1. The third-order valence-corrected chi connectivity index (χ3v) is 5.85. The molecule has 31 heavy (non-hydrogen) atoms. The van der Waals surface area contributed by atoms with Crippen LogP contribution in [0.15, 0.2) is 54.1 Å². The van der Waals surface area contributed by atoms with Crippen LogP contribution < -0.4 is 10.1 Å². The van der Waals surface area contributed by atoms with Crippen LogP contribution in [0.25, 0.3) is 6.08 Å². The summed E-state index contributed by atoms with van der Waals surface area (Å²) in [5.74, 6) is -0.700. The fraction of sp³-hybridized carbons (Fsp3) is 0.292. The Morgan fingerprint density at radius 3 is 2.45 bits per heavy atom. The first-order valence-electron chi connectivity index (χ1n) is 10.4. The monoisotopic (exact) mass is 438 g/mol. The standard InChI is InChI=1S/C24H23ClN2O4/c25-18-12-10-16(11-13-18)15-31-21-9-5-4-6-17(21)14-20-22(28)26-24(30)27(23(20)29)19-7-2-1-3-8-19/h4-6,9-14,19H,1-3,7-8,15H2,(H,26,28,30). The Balaban J connectivity index is 1.57. The number of halogens is 1. The van der Waals surface area contributed by atoms with Gasteiger partial charge in [-0.1, -0.05) is 61.2 Å². The summed E-state index contributed by atoms with van der Waals surface area (Å²) >= 11 is 5.92. The Labute approximate surface area is 185 Å². The van der Waals surface area contributed by atoms with Crippen molar-refractivity contribution in [2.45, 2.75) is 44.8 Å². The highest BCUT2D eigenvalue weighted by molar-refractivity contribution is 6.31. The van der Waals surface area contributed by atoms with E-state index < -0.39 is 17.8 Å². The smallest absolute Gasteiger partial charge is 0.331 e. The molecule has 0 radical (unpaired) electrons. The highest BCUT2D eigenvalue weighted by Gasteiger charge is 2.40. The Kier molecular flexibility index (Phi) is 6.37. The van der Waals surface area contributed by atoms with Crippen LogP contribution in [-0.2, 0) is 16.2 Å². The van der Waals surface area contributed by atoms with E-state index in [9.17, 15) is 14.4 Å². The molecule has 1 N–H and O–H groups in total. The summed E-state index contributed by atoms with van der Waals surface area (Å²) in [6.45, 7) is 0.310. The first-order chi connectivity index (χ1) is 15.0. The number of barbiturate groups is 1. The maximum atomic E-state index is 13.1. The van der Waals surface area contributed by atoms with Gasteiger partial charge in [-0.2, -0.15) is 0 Å². The highest BCUT2D eigenvalue weighted by Crippen LogP contribution is 2.28. The van der Waals surface area contributed by atoms with E-state index in [0.717, 1.165) is 37.7 Å². The maximum Gasteiger partial charge on any atom is 0.331 e. The minimum atomic E-state index is -0.686. The third kappa shape index (κ3) is 4.80. The minimum Gasteiger partial charge on any atom is -0.488 e. The van der Waals surface area contributed by atoms with Crippen LogP contribution in [0.2, 0.25) is 5.02 Å². The molecule has 2 fully saturated rings. The van der Waals surface area contributed by atoms with Gasteiger partial charge >= 0.3 is 6.03 Å². The van der Waals surface area contributed by atoms with Gasteiger partial charge in [-0.3, -0.25) is 19.8 Å². The van der Waals surface area contributed by atoms with Crippen molar-refractivity contribution in [1.82, 2.24) is 10.2 Å². The van der Waals surface area contributed by atoms with E-state index in [1.165, 1.54) is 11.0 Å². The third-order valence-electron chi connectivity index (χ3n) is 5.60. The minimum absolute atomic E-state index is 0.0623. The number of ether oxygens (including phenoxy) is 1. The molecule has 7 heteroatoms. The summed E-state index contributed by atoms with van der Waals surface area (Å²) in [7, 11) is 0. The summed E-state index contributed by atoms with van der Waals surface area (Å²) < 4.78 is 5.93. The molecule has 160 valence electrons. The molecule has 2 aromatic carbocycles. The average molecular weight is 439 g/mol. The van der Waals surface area contributed by atoms with Crippen molar-refractivity contribution in [3.63, 3.8) is 0 Å². The number of carbonyl (C=O) groups is 3. The van der Waals surface area contributed by atoms with Gasteiger partial charge < -0.3 is 4.74 Å². The Morgan fingerprint density at radius 2 is 1.71 bits per heavy atom. The molecule has 0 atom stereocenters. The van der Waals surface area contributed by atoms with Crippen LogP contribution in [0.1, 0.15) is 43.2 Å². The molecular formula is C24H23ClN2O4. The second-order valence-electron chi connectivity index (χ2n) is 7.74. The number of carbonyl (C=O) groups excluding carboxylic acids is 3. The van der Waals surface area contributed by atoms with Crippen molar-refractivity contribution < 1.29 is 19.1 Å². The van der Waals surface area contributed by atoms with Crippen molar-refractivity contribution in [3.8, 4) is 5.75 Å². The fourth-order valence-corrected chi connectivity index (χ4v) is 4.10. The summed E-state index contributed by atoms with van der Waals surface area (Å²) in [5.41, 5.74) is 1.47. The van der Waals surface area contributed by atoms with Crippen LogP contribution >= 0.6 is 11.6 Å². The molecule has 4 amide bonds. The summed E-state index contributed by atoms with van der Waals surface area (Å²) in [4.78, 5) is 39.2. The number of nitrogens with one attached hydrogen (secondary N) is 1. The van der Waals surface area contributed by atoms with Crippen LogP contribution in [0, 0.1) is 0 Å². The molecule has 1 aliphatic heterocycles. The number of imide groups is 2. The quantitative estimate of drug-likeness (QED) is 0.541. The molecule has 1 heterocycles. The van der Waals surface area contributed by atoms with E-state index in [4.69, 9.17) is 16.3 Å². The Hall–Kier alpha value is -3.12. The Morgan fingerprint density at radius 1 is 1.00 bits per heavy atom. The largest absolute Gasteiger partial charge is 0.488 e. The number of benzene rings is 2. The number of rotatable bonds is 5. The fourth-order valence-electron chi connectivity index (χ4n) is 3.97. The predicted molar refractivity (Wildman–Crippen MR) is 117 cm³/mol. The predicted octanol–water partition coefficient (Wildman–Crippen LogP) is 4.71. The van der Waals surface area contributed by atoms with Crippen LogP contribution in [0.3, 0.4) is 0 Å². The lowest BCUT2D eigenvalue weighted by Gasteiger charge is -2.35. The van der Waals surface area contributed by atoms with Gasteiger partial charge in [0.15, 0.2) is 0 Å². The van der Waals surface area contributed by atoms with Crippen molar-refractivity contribution >= 4 is 35.5 Å². The van der Waals surface area contributed by atoms with Gasteiger partial charge in [-0.25, -0.2) is 4.79 Å². The lowest BCUT2D eigenvalue weighted by molar-refractivity contribution is -0.132. The van der Waals surface area contributed by atoms with Crippen molar-refractivity contribution in [1.29, 1.82) is 0 Å². The molecule has 0 bridgehead atoms. The zero-order chi connectivity index (χ0) is 21.8. The van der Waals surface area contributed by atoms with Crippen LogP contribution in [0.4, 0.5) is 4.79 Å². The number of urea groups is 1. The molecule has 1 saturated carbocycles. The van der Waals surface area contributed by atoms with Crippen LogP contribution in [-0.4, -0.2) is 28.8 Å². The number of nitrogens with zero attached hydrogens (tertiary/aromatic N) is 1. The second kappa shape index (κ2) is 9.35. The summed E-state index contributed by atoms with van der Waals surface area (Å²) in [6, 6.07) is 13.7. The molecular weight excluding hydrogens is 416 g/mol. The van der Waals surface area contributed by atoms with Gasteiger partial charge in [0.25, 0.3) is 11.8 Å². The number of hydrogen-bond donors (Lipinski definition) is 1. The van der Waals surface area contributed by atoms with Gasteiger partial charge in [0, 0.05) is 16.6 Å². The van der Waals surface area contributed by atoms with E-state index in [1.54, 1.807) is 30.3 Å². The van der Waals surface area contributed by atoms with Gasteiger partial charge in [0.1, 0.15) is 17.9 Å². The molecule has 0 unspecified atom stereocenters. The molecule has 4 rings (SSSR count). The first-order valence-corrected chi connectivity index (χ1v) is 10.8. The zero-order valence-corrected chi connectivity index (χ0v) is 17.7. The average Bonchev–Trinajstić information content (AvgIpc) is 2.77. The van der Waals surface area contributed by atoms with Crippen LogP contribution in [0.5, 0.6) is 5.75 Å². The molecule has 2 aromatic rings. The normalized spacial score (nSPS) is 18.9. The van der Waals surface area contributed by atoms with Crippen molar-refractivity contribution in [2.75, 3.05) is 0 Å². The van der Waals surface area contributed by atoms with Gasteiger partial charge in [0.05, 0.1) is 0 Å². The van der Waals surface area contributed by atoms with Crippen molar-refractivity contribution in [3.05, 3.63) is 70.3 Å². The molecule has 0 aromatic heterocycles.